The normalized spacial score (nSPS) is 9.21. The number of benzene rings is 1. The first-order valence-electron chi connectivity index (χ1n) is 3.93. The Morgan fingerprint density at radius 3 is 2.93 bits per heavy atom. The minimum absolute atomic E-state index is 0.184. The summed E-state index contributed by atoms with van der Waals surface area (Å²) in [6.07, 6.45) is 0.184. The van der Waals surface area contributed by atoms with Gasteiger partial charge in [0, 0.05) is 0 Å². The Bertz CT molecular complexity index is 396. The predicted molar refractivity (Wildman–Crippen MR) is 52.1 cm³/mol. The molecule has 0 radical (unpaired) electrons. The van der Waals surface area contributed by atoms with E-state index in [1.807, 2.05) is 6.07 Å². The number of hydrogen-bond donors (Lipinski definition) is 0. The third kappa shape index (κ3) is 2.04. The molecule has 0 saturated heterocycles. The van der Waals surface area contributed by atoms with Gasteiger partial charge in [0.05, 0.1) is 30.2 Å². The first kappa shape index (κ1) is 10.6. The van der Waals surface area contributed by atoms with Crippen LogP contribution in [-0.2, 0) is 11.2 Å². The van der Waals surface area contributed by atoms with Crippen molar-refractivity contribution in [1.82, 2.24) is 0 Å². The van der Waals surface area contributed by atoms with Crippen LogP contribution >= 0.6 is 11.6 Å². The summed E-state index contributed by atoms with van der Waals surface area (Å²) >= 11 is 5.91. The van der Waals surface area contributed by atoms with E-state index in [2.05, 4.69) is 4.74 Å². The van der Waals surface area contributed by atoms with Gasteiger partial charge in [-0.15, -0.1) is 0 Å². The second kappa shape index (κ2) is 4.64. The number of methoxy groups -OCH3 is 1. The van der Waals surface area contributed by atoms with Gasteiger partial charge in [-0.05, 0) is 11.6 Å². The van der Waals surface area contributed by atoms with E-state index in [4.69, 9.17) is 16.9 Å². The van der Waals surface area contributed by atoms with Crippen molar-refractivity contribution in [2.45, 2.75) is 6.42 Å². The standard InChI is InChI=1S/C10H8ClNO2/c1-14-10(13)8-4-2-3-7(5-6-12)9(8)11/h2-4H,5H2,1H3. The zero-order valence-corrected chi connectivity index (χ0v) is 8.34. The van der Waals surface area contributed by atoms with Gasteiger partial charge in [-0.25, -0.2) is 4.79 Å². The topological polar surface area (TPSA) is 50.1 Å². The van der Waals surface area contributed by atoms with Gasteiger partial charge >= 0.3 is 5.97 Å². The smallest absolute Gasteiger partial charge is 0.339 e. The molecule has 0 aromatic heterocycles. The molecular weight excluding hydrogens is 202 g/mol. The van der Waals surface area contributed by atoms with Gasteiger partial charge in [0.25, 0.3) is 0 Å². The zero-order valence-electron chi connectivity index (χ0n) is 7.58. The van der Waals surface area contributed by atoms with E-state index in [0.717, 1.165) is 0 Å². The van der Waals surface area contributed by atoms with E-state index < -0.39 is 5.97 Å². The van der Waals surface area contributed by atoms with Crippen molar-refractivity contribution < 1.29 is 9.53 Å². The summed E-state index contributed by atoms with van der Waals surface area (Å²) < 4.78 is 4.54. The Morgan fingerprint density at radius 2 is 2.36 bits per heavy atom. The second-order valence-corrected chi connectivity index (χ2v) is 2.98. The Hall–Kier alpha value is -1.53. The van der Waals surface area contributed by atoms with Crippen molar-refractivity contribution in [3.63, 3.8) is 0 Å². The van der Waals surface area contributed by atoms with E-state index in [1.54, 1.807) is 18.2 Å². The molecule has 0 spiro atoms. The quantitative estimate of drug-likeness (QED) is 0.702. The lowest BCUT2D eigenvalue weighted by atomic mass is 10.1. The fourth-order valence-corrected chi connectivity index (χ4v) is 1.34. The van der Waals surface area contributed by atoms with Crippen LogP contribution in [-0.4, -0.2) is 13.1 Å². The maximum absolute atomic E-state index is 11.2. The summed E-state index contributed by atoms with van der Waals surface area (Å²) in [6, 6.07) is 6.91. The molecule has 0 amide bonds. The number of rotatable bonds is 2. The third-order valence-corrected chi connectivity index (χ3v) is 2.20. The van der Waals surface area contributed by atoms with Crippen molar-refractivity contribution in [2.75, 3.05) is 7.11 Å². The van der Waals surface area contributed by atoms with Gasteiger partial charge in [-0.1, -0.05) is 23.7 Å². The van der Waals surface area contributed by atoms with Crippen molar-refractivity contribution in [3.8, 4) is 6.07 Å². The number of ether oxygens (including phenoxy) is 1. The van der Waals surface area contributed by atoms with Gasteiger partial charge in [-0.3, -0.25) is 0 Å². The fourth-order valence-electron chi connectivity index (χ4n) is 1.07. The van der Waals surface area contributed by atoms with E-state index in [-0.39, 0.29) is 6.42 Å². The van der Waals surface area contributed by atoms with E-state index >= 15 is 0 Å². The minimum atomic E-state index is -0.491. The molecule has 3 nitrogen and oxygen atoms in total. The van der Waals surface area contributed by atoms with Crippen molar-refractivity contribution in [2.24, 2.45) is 0 Å². The molecule has 0 N–H and O–H groups in total. The second-order valence-electron chi connectivity index (χ2n) is 2.61. The molecule has 0 bridgehead atoms. The highest BCUT2D eigenvalue weighted by molar-refractivity contribution is 6.34. The van der Waals surface area contributed by atoms with Crippen LogP contribution in [0.5, 0.6) is 0 Å². The van der Waals surface area contributed by atoms with Crippen LogP contribution < -0.4 is 0 Å². The van der Waals surface area contributed by atoms with Crippen LogP contribution in [0.3, 0.4) is 0 Å². The lowest BCUT2D eigenvalue weighted by molar-refractivity contribution is 0.0601. The SMILES string of the molecule is COC(=O)c1cccc(CC#N)c1Cl. The molecule has 1 rings (SSSR count). The molecule has 0 unspecified atom stereocenters. The number of carbonyl (C=O) groups excluding carboxylic acids is 1. The molecule has 72 valence electrons. The number of nitrogens with zero attached hydrogens (tertiary/aromatic N) is 1. The summed E-state index contributed by atoms with van der Waals surface area (Å²) in [5, 5.41) is 8.80. The highest BCUT2D eigenvalue weighted by atomic mass is 35.5. The molecule has 0 atom stereocenters. The number of carbonyl (C=O) groups is 1. The molecule has 1 aromatic rings. The minimum Gasteiger partial charge on any atom is -0.465 e. The van der Waals surface area contributed by atoms with Crippen LogP contribution in [0.25, 0.3) is 0 Å². The summed E-state index contributed by atoms with van der Waals surface area (Å²) in [4.78, 5) is 11.2. The molecule has 14 heavy (non-hydrogen) atoms. The molecule has 1 aromatic carbocycles. The van der Waals surface area contributed by atoms with Crippen molar-refractivity contribution in [1.29, 1.82) is 5.26 Å². The fraction of sp³-hybridized carbons (Fsp3) is 0.200. The molecule has 0 aliphatic carbocycles. The lowest BCUT2D eigenvalue weighted by Crippen LogP contribution is -2.03. The Kier molecular flexibility index (Phi) is 3.49. The van der Waals surface area contributed by atoms with Crippen LogP contribution in [0.1, 0.15) is 15.9 Å². The number of esters is 1. The summed E-state index contributed by atoms with van der Waals surface area (Å²) in [5.74, 6) is -0.491. The Morgan fingerprint density at radius 1 is 1.64 bits per heavy atom. The molecule has 0 fully saturated rings. The van der Waals surface area contributed by atoms with Gasteiger partial charge in [0.15, 0.2) is 0 Å². The van der Waals surface area contributed by atoms with Gasteiger partial charge < -0.3 is 4.74 Å². The molecule has 0 aliphatic rings. The van der Waals surface area contributed by atoms with Crippen molar-refractivity contribution >= 4 is 17.6 Å². The van der Waals surface area contributed by atoms with Gasteiger partial charge in [-0.2, -0.15) is 5.26 Å². The maximum Gasteiger partial charge on any atom is 0.339 e. The largest absolute Gasteiger partial charge is 0.465 e. The zero-order chi connectivity index (χ0) is 10.6. The van der Waals surface area contributed by atoms with Gasteiger partial charge in [0.1, 0.15) is 0 Å². The summed E-state index contributed by atoms with van der Waals surface area (Å²) in [7, 11) is 1.29. The maximum atomic E-state index is 11.2. The number of hydrogen-bond acceptors (Lipinski definition) is 3. The predicted octanol–water partition coefficient (Wildman–Crippen LogP) is 2.19. The van der Waals surface area contributed by atoms with Crippen molar-refractivity contribution in [3.05, 3.63) is 34.3 Å². The van der Waals surface area contributed by atoms with Crippen LogP contribution in [0, 0.1) is 11.3 Å². The van der Waals surface area contributed by atoms with Crippen LogP contribution in [0.4, 0.5) is 0 Å². The summed E-state index contributed by atoms with van der Waals surface area (Å²) in [6.45, 7) is 0. The summed E-state index contributed by atoms with van der Waals surface area (Å²) in [5.41, 5.74) is 0.930. The van der Waals surface area contributed by atoms with Crippen LogP contribution in [0.15, 0.2) is 18.2 Å². The molecule has 0 saturated carbocycles. The lowest BCUT2D eigenvalue weighted by Gasteiger charge is -2.04. The van der Waals surface area contributed by atoms with E-state index in [0.29, 0.717) is 16.1 Å². The molecular formula is C10H8ClNO2. The molecule has 0 heterocycles. The monoisotopic (exact) mass is 209 g/mol. The van der Waals surface area contributed by atoms with Gasteiger partial charge in [0.2, 0.25) is 0 Å². The average molecular weight is 210 g/mol. The number of nitriles is 1. The molecule has 4 heteroatoms. The first-order valence-corrected chi connectivity index (χ1v) is 4.31. The highest BCUT2D eigenvalue weighted by Crippen LogP contribution is 2.22. The average Bonchev–Trinajstić information content (AvgIpc) is 2.20. The van der Waals surface area contributed by atoms with E-state index in [1.165, 1.54) is 7.11 Å². The Labute approximate surface area is 86.9 Å². The first-order chi connectivity index (χ1) is 6.70. The van der Waals surface area contributed by atoms with E-state index in [9.17, 15) is 4.79 Å². The highest BCUT2D eigenvalue weighted by Gasteiger charge is 2.12. The van der Waals surface area contributed by atoms with Crippen LogP contribution in [0.2, 0.25) is 5.02 Å². The number of halogens is 1. The third-order valence-electron chi connectivity index (χ3n) is 1.75. The molecule has 0 aliphatic heterocycles. The Balaban J connectivity index is 3.15.